The van der Waals surface area contributed by atoms with Gasteiger partial charge in [-0.05, 0) is 19.8 Å². The van der Waals surface area contributed by atoms with Crippen molar-refractivity contribution in [3.8, 4) is 0 Å². The fourth-order valence-corrected chi connectivity index (χ4v) is 1.60. The van der Waals surface area contributed by atoms with Gasteiger partial charge in [0.05, 0.1) is 0 Å². The van der Waals surface area contributed by atoms with Crippen LogP contribution < -0.4 is 11.1 Å². The van der Waals surface area contributed by atoms with Gasteiger partial charge in [-0.25, -0.2) is 4.79 Å². The minimum atomic E-state index is 0.0328. The Morgan fingerprint density at radius 1 is 1.75 bits per heavy atom. The van der Waals surface area contributed by atoms with E-state index in [1.54, 1.807) is 0 Å². The van der Waals surface area contributed by atoms with Crippen LogP contribution >= 0.6 is 0 Å². The highest BCUT2D eigenvalue weighted by molar-refractivity contribution is 5.74. The standard InChI is InChI=1S/C8H17N3O/c1-2-10-8(12)11-5-3-4-7(11)6-9/h7H,2-6,9H2,1H3,(H,10,12). The highest BCUT2D eigenvalue weighted by Crippen LogP contribution is 2.15. The number of carbonyl (C=O) groups excluding carboxylic acids is 1. The molecule has 0 bridgehead atoms. The van der Waals surface area contributed by atoms with E-state index in [2.05, 4.69) is 5.32 Å². The number of likely N-dealkylation sites (tertiary alicyclic amines) is 1. The monoisotopic (exact) mass is 171 g/mol. The third-order valence-corrected chi connectivity index (χ3v) is 2.24. The van der Waals surface area contributed by atoms with Gasteiger partial charge in [0.2, 0.25) is 0 Å². The molecule has 1 heterocycles. The molecular weight excluding hydrogens is 154 g/mol. The van der Waals surface area contributed by atoms with Gasteiger partial charge < -0.3 is 16.0 Å². The van der Waals surface area contributed by atoms with E-state index < -0.39 is 0 Å². The molecule has 1 rings (SSSR count). The molecule has 70 valence electrons. The number of nitrogens with one attached hydrogen (secondary N) is 1. The second-order valence-corrected chi connectivity index (χ2v) is 3.06. The summed E-state index contributed by atoms with van der Waals surface area (Å²) in [5.41, 5.74) is 5.54. The van der Waals surface area contributed by atoms with Gasteiger partial charge >= 0.3 is 6.03 Å². The quantitative estimate of drug-likeness (QED) is 0.621. The van der Waals surface area contributed by atoms with Crippen LogP contribution in [-0.4, -0.2) is 36.6 Å². The van der Waals surface area contributed by atoms with Crippen molar-refractivity contribution in [3.63, 3.8) is 0 Å². The molecule has 3 N–H and O–H groups in total. The molecule has 1 saturated heterocycles. The van der Waals surface area contributed by atoms with Gasteiger partial charge in [0.25, 0.3) is 0 Å². The first-order valence-corrected chi connectivity index (χ1v) is 4.54. The summed E-state index contributed by atoms with van der Waals surface area (Å²) in [6, 6.07) is 0.294. The highest BCUT2D eigenvalue weighted by Gasteiger charge is 2.26. The van der Waals surface area contributed by atoms with Gasteiger partial charge in [-0.3, -0.25) is 0 Å². The molecule has 0 aliphatic carbocycles. The average molecular weight is 171 g/mol. The minimum absolute atomic E-state index is 0.0328. The molecule has 0 aromatic carbocycles. The van der Waals surface area contributed by atoms with Crippen molar-refractivity contribution in [1.82, 2.24) is 10.2 Å². The van der Waals surface area contributed by atoms with Crippen molar-refractivity contribution in [2.45, 2.75) is 25.8 Å². The largest absolute Gasteiger partial charge is 0.338 e. The Bertz CT molecular complexity index is 160. The molecule has 4 nitrogen and oxygen atoms in total. The Hall–Kier alpha value is -0.770. The lowest BCUT2D eigenvalue weighted by Crippen LogP contribution is -2.45. The highest BCUT2D eigenvalue weighted by atomic mass is 16.2. The van der Waals surface area contributed by atoms with Crippen LogP contribution in [0.5, 0.6) is 0 Å². The molecule has 0 aromatic heterocycles. The van der Waals surface area contributed by atoms with E-state index in [4.69, 9.17) is 5.73 Å². The summed E-state index contributed by atoms with van der Waals surface area (Å²) < 4.78 is 0. The third-order valence-electron chi connectivity index (χ3n) is 2.24. The fraction of sp³-hybridized carbons (Fsp3) is 0.875. The predicted octanol–water partition coefficient (Wildman–Crippen LogP) is 0.139. The number of carbonyl (C=O) groups is 1. The van der Waals surface area contributed by atoms with Gasteiger partial charge in [0, 0.05) is 25.7 Å². The molecule has 0 radical (unpaired) electrons. The van der Waals surface area contributed by atoms with Crippen molar-refractivity contribution < 1.29 is 4.79 Å². The second kappa shape index (κ2) is 4.30. The maximum Gasteiger partial charge on any atom is 0.317 e. The van der Waals surface area contributed by atoms with Crippen LogP contribution in [0.3, 0.4) is 0 Å². The fourth-order valence-electron chi connectivity index (χ4n) is 1.60. The molecule has 1 unspecified atom stereocenters. The number of amides is 2. The molecular formula is C8H17N3O. The van der Waals surface area contributed by atoms with Gasteiger partial charge in [-0.15, -0.1) is 0 Å². The van der Waals surface area contributed by atoms with Crippen LogP contribution in [0.15, 0.2) is 0 Å². The Balaban J connectivity index is 2.43. The van der Waals surface area contributed by atoms with E-state index in [-0.39, 0.29) is 12.1 Å². The topological polar surface area (TPSA) is 58.4 Å². The van der Waals surface area contributed by atoms with Crippen molar-refractivity contribution in [2.24, 2.45) is 5.73 Å². The lowest BCUT2D eigenvalue weighted by Gasteiger charge is -2.23. The van der Waals surface area contributed by atoms with Crippen molar-refractivity contribution in [2.75, 3.05) is 19.6 Å². The lowest BCUT2D eigenvalue weighted by molar-refractivity contribution is 0.194. The number of nitrogens with two attached hydrogens (primary N) is 1. The van der Waals surface area contributed by atoms with Crippen LogP contribution in [0.25, 0.3) is 0 Å². The minimum Gasteiger partial charge on any atom is -0.338 e. The van der Waals surface area contributed by atoms with Gasteiger partial charge in [-0.2, -0.15) is 0 Å². The Morgan fingerprint density at radius 3 is 3.08 bits per heavy atom. The lowest BCUT2D eigenvalue weighted by atomic mass is 10.2. The molecule has 2 amide bonds. The molecule has 12 heavy (non-hydrogen) atoms. The number of nitrogens with zero attached hydrogens (tertiary/aromatic N) is 1. The van der Waals surface area contributed by atoms with E-state index in [0.29, 0.717) is 13.1 Å². The first kappa shape index (κ1) is 9.32. The zero-order chi connectivity index (χ0) is 8.97. The number of urea groups is 1. The summed E-state index contributed by atoms with van der Waals surface area (Å²) >= 11 is 0. The summed E-state index contributed by atoms with van der Waals surface area (Å²) in [6.45, 7) is 4.04. The molecule has 0 aromatic rings. The first-order valence-electron chi connectivity index (χ1n) is 4.54. The third kappa shape index (κ3) is 1.88. The molecule has 1 aliphatic rings. The van der Waals surface area contributed by atoms with Gasteiger partial charge in [0.15, 0.2) is 0 Å². The zero-order valence-electron chi connectivity index (χ0n) is 7.55. The van der Waals surface area contributed by atoms with Crippen LogP contribution in [0.2, 0.25) is 0 Å². The van der Waals surface area contributed by atoms with E-state index in [1.165, 1.54) is 0 Å². The number of hydrogen-bond acceptors (Lipinski definition) is 2. The van der Waals surface area contributed by atoms with Crippen LogP contribution in [0, 0.1) is 0 Å². The number of hydrogen-bond donors (Lipinski definition) is 2. The van der Waals surface area contributed by atoms with E-state index >= 15 is 0 Å². The molecule has 4 heteroatoms. The molecule has 1 atom stereocenters. The van der Waals surface area contributed by atoms with Crippen molar-refractivity contribution in [1.29, 1.82) is 0 Å². The second-order valence-electron chi connectivity index (χ2n) is 3.06. The summed E-state index contributed by atoms with van der Waals surface area (Å²) in [4.78, 5) is 13.2. The predicted molar refractivity (Wildman–Crippen MR) is 47.9 cm³/mol. The average Bonchev–Trinajstić information content (AvgIpc) is 2.51. The summed E-state index contributed by atoms with van der Waals surface area (Å²) in [7, 11) is 0. The normalized spacial score (nSPS) is 22.8. The first-order chi connectivity index (χ1) is 5.79. The number of rotatable bonds is 2. The smallest absolute Gasteiger partial charge is 0.317 e. The Kier molecular flexibility index (Phi) is 3.34. The Labute approximate surface area is 73.1 Å². The maximum atomic E-state index is 11.4. The van der Waals surface area contributed by atoms with E-state index in [9.17, 15) is 4.79 Å². The van der Waals surface area contributed by atoms with Crippen molar-refractivity contribution in [3.05, 3.63) is 0 Å². The summed E-state index contributed by atoms with van der Waals surface area (Å²) in [6.07, 6.45) is 2.13. The zero-order valence-corrected chi connectivity index (χ0v) is 7.55. The van der Waals surface area contributed by atoms with Crippen LogP contribution in [0.1, 0.15) is 19.8 Å². The summed E-state index contributed by atoms with van der Waals surface area (Å²) in [5, 5.41) is 2.78. The maximum absolute atomic E-state index is 11.4. The van der Waals surface area contributed by atoms with Crippen molar-refractivity contribution >= 4 is 6.03 Å². The van der Waals surface area contributed by atoms with E-state index in [1.807, 2.05) is 11.8 Å². The Morgan fingerprint density at radius 2 is 2.50 bits per heavy atom. The van der Waals surface area contributed by atoms with E-state index in [0.717, 1.165) is 19.4 Å². The van der Waals surface area contributed by atoms with Crippen LogP contribution in [-0.2, 0) is 0 Å². The van der Waals surface area contributed by atoms with Gasteiger partial charge in [-0.1, -0.05) is 0 Å². The molecule has 1 aliphatic heterocycles. The molecule has 0 spiro atoms. The summed E-state index contributed by atoms with van der Waals surface area (Å²) in [5.74, 6) is 0. The SMILES string of the molecule is CCNC(=O)N1CCCC1CN. The van der Waals surface area contributed by atoms with Gasteiger partial charge in [0.1, 0.15) is 0 Å². The molecule has 1 fully saturated rings. The molecule has 0 saturated carbocycles. The van der Waals surface area contributed by atoms with Crippen LogP contribution in [0.4, 0.5) is 4.79 Å².